The molecule has 1 heterocycles. The number of anilines is 1. The number of carbonyl (C=O) groups is 1. The van der Waals surface area contributed by atoms with Crippen LogP contribution in [0.3, 0.4) is 0 Å². The fourth-order valence-corrected chi connectivity index (χ4v) is 2.66. The van der Waals surface area contributed by atoms with Gasteiger partial charge in [0.15, 0.2) is 11.5 Å². The van der Waals surface area contributed by atoms with Gasteiger partial charge in [-0.2, -0.15) is 4.98 Å². The van der Waals surface area contributed by atoms with E-state index >= 15 is 0 Å². The number of benzene rings is 2. The Morgan fingerprint density at radius 2 is 1.72 bits per heavy atom. The molecular weight excluding hydrogens is 381 g/mol. The molecule has 0 saturated carbocycles. The van der Waals surface area contributed by atoms with Crippen molar-refractivity contribution in [3.8, 4) is 28.6 Å². The van der Waals surface area contributed by atoms with Crippen LogP contribution in [0.5, 0.6) is 17.2 Å². The number of ether oxygens (including phenoxy) is 3. The molecule has 3 rings (SSSR count). The number of hydrogen-bond donors (Lipinski definition) is 1. The molecule has 1 amide bonds. The average Bonchev–Trinajstić information content (AvgIpc) is 3.22. The Hall–Kier alpha value is -3.62. The second kappa shape index (κ2) is 9.05. The highest BCUT2D eigenvalue weighted by atomic mass is 19.1. The van der Waals surface area contributed by atoms with E-state index in [0.29, 0.717) is 40.2 Å². The molecule has 1 N–H and O–H groups in total. The number of carbonyl (C=O) groups excluding carboxylic acids is 1. The Labute approximate surface area is 166 Å². The van der Waals surface area contributed by atoms with Gasteiger partial charge in [-0.25, -0.2) is 4.39 Å². The van der Waals surface area contributed by atoms with Crippen LogP contribution in [0.2, 0.25) is 0 Å². The van der Waals surface area contributed by atoms with Gasteiger partial charge in [0.05, 0.1) is 21.3 Å². The summed E-state index contributed by atoms with van der Waals surface area (Å²) in [6.07, 6.45) is 0.388. The van der Waals surface area contributed by atoms with Crippen molar-refractivity contribution in [1.29, 1.82) is 0 Å². The van der Waals surface area contributed by atoms with Gasteiger partial charge in [0.25, 0.3) is 0 Å². The summed E-state index contributed by atoms with van der Waals surface area (Å²) in [5.41, 5.74) is 1.13. The minimum atomic E-state index is -0.367. The predicted molar refractivity (Wildman–Crippen MR) is 103 cm³/mol. The van der Waals surface area contributed by atoms with Crippen LogP contribution in [0.25, 0.3) is 11.4 Å². The molecule has 0 unspecified atom stereocenters. The zero-order chi connectivity index (χ0) is 20.8. The monoisotopic (exact) mass is 401 g/mol. The molecule has 0 aliphatic rings. The molecule has 1 aromatic heterocycles. The van der Waals surface area contributed by atoms with E-state index in [0.717, 1.165) is 0 Å². The van der Waals surface area contributed by atoms with E-state index in [2.05, 4.69) is 15.5 Å². The van der Waals surface area contributed by atoms with Gasteiger partial charge in [-0.15, -0.1) is 0 Å². The first kappa shape index (κ1) is 20.1. The third kappa shape index (κ3) is 4.81. The number of aromatic nitrogens is 2. The first-order valence-corrected chi connectivity index (χ1v) is 8.72. The summed E-state index contributed by atoms with van der Waals surface area (Å²) in [7, 11) is 4.55. The summed E-state index contributed by atoms with van der Waals surface area (Å²) in [5, 5.41) is 6.63. The first-order valence-electron chi connectivity index (χ1n) is 8.72. The Balaban J connectivity index is 1.67. The Bertz CT molecular complexity index is 963. The Morgan fingerprint density at radius 1 is 1.07 bits per heavy atom. The molecule has 0 spiro atoms. The largest absolute Gasteiger partial charge is 0.493 e. The number of methoxy groups -OCH3 is 3. The van der Waals surface area contributed by atoms with Crippen molar-refractivity contribution in [1.82, 2.24) is 10.1 Å². The van der Waals surface area contributed by atoms with E-state index in [1.807, 2.05) is 0 Å². The molecule has 29 heavy (non-hydrogen) atoms. The standard InChI is InChI=1S/C20H20FN3O5/c1-26-15-10-12(11-16(27-2)19(15)28-3)20-23-18(29-24-20)9-8-17(25)22-14-6-4-13(21)5-7-14/h4-7,10-11H,8-9H2,1-3H3,(H,22,25). The maximum atomic E-state index is 12.9. The van der Waals surface area contributed by atoms with Crippen molar-refractivity contribution >= 4 is 11.6 Å². The molecule has 2 aromatic carbocycles. The summed E-state index contributed by atoms with van der Waals surface area (Å²) in [5.74, 6) is 1.41. The van der Waals surface area contributed by atoms with Crippen LogP contribution in [-0.4, -0.2) is 37.4 Å². The highest BCUT2D eigenvalue weighted by Gasteiger charge is 2.17. The zero-order valence-electron chi connectivity index (χ0n) is 16.2. The van der Waals surface area contributed by atoms with Crippen molar-refractivity contribution in [2.45, 2.75) is 12.8 Å². The number of aryl methyl sites for hydroxylation is 1. The summed E-state index contributed by atoms with van der Waals surface area (Å²) < 4.78 is 34.1. The molecule has 0 bridgehead atoms. The van der Waals surface area contributed by atoms with Gasteiger partial charge >= 0.3 is 0 Å². The molecule has 0 radical (unpaired) electrons. The van der Waals surface area contributed by atoms with Gasteiger partial charge < -0.3 is 24.1 Å². The fourth-order valence-electron chi connectivity index (χ4n) is 2.66. The molecule has 8 nitrogen and oxygen atoms in total. The lowest BCUT2D eigenvalue weighted by molar-refractivity contribution is -0.116. The normalized spacial score (nSPS) is 10.5. The number of nitrogens with one attached hydrogen (secondary N) is 1. The molecule has 9 heteroatoms. The number of halogens is 1. The lowest BCUT2D eigenvalue weighted by Crippen LogP contribution is -2.12. The molecule has 152 valence electrons. The quantitative estimate of drug-likeness (QED) is 0.617. The number of amides is 1. The van der Waals surface area contributed by atoms with Crippen LogP contribution in [0, 0.1) is 5.82 Å². The highest BCUT2D eigenvalue weighted by molar-refractivity contribution is 5.90. The van der Waals surface area contributed by atoms with Gasteiger partial charge in [-0.05, 0) is 36.4 Å². The summed E-state index contributed by atoms with van der Waals surface area (Å²) in [4.78, 5) is 16.4. The second-order valence-electron chi connectivity index (χ2n) is 5.98. The lowest BCUT2D eigenvalue weighted by atomic mass is 10.1. The van der Waals surface area contributed by atoms with E-state index in [4.69, 9.17) is 18.7 Å². The highest BCUT2D eigenvalue weighted by Crippen LogP contribution is 2.40. The van der Waals surface area contributed by atoms with Crippen molar-refractivity contribution in [3.05, 3.63) is 48.1 Å². The van der Waals surface area contributed by atoms with E-state index in [1.165, 1.54) is 45.6 Å². The SMILES string of the molecule is COc1cc(-c2noc(CCC(=O)Nc3ccc(F)cc3)n2)cc(OC)c1OC. The molecule has 0 atom stereocenters. The predicted octanol–water partition coefficient (Wildman–Crippen LogP) is 3.47. The van der Waals surface area contributed by atoms with Gasteiger partial charge in [0.2, 0.25) is 23.4 Å². The minimum absolute atomic E-state index is 0.133. The summed E-state index contributed by atoms with van der Waals surface area (Å²) in [6, 6.07) is 8.94. The number of rotatable bonds is 8. The van der Waals surface area contributed by atoms with Crippen molar-refractivity contribution < 1.29 is 27.9 Å². The van der Waals surface area contributed by atoms with Gasteiger partial charge in [0.1, 0.15) is 5.82 Å². The van der Waals surface area contributed by atoms with E-state index in [-0.39, 0.29) is 24.6 Å². The third-order valence-corrected chi connectivity index (χ3v) is 4.08. The summed E-state index contributed by atoms with van der Waals surface area (Å²) in [6.45, 7) is 0. The average molecular weight is 401 g/mol. The van der Waals surface area contributed by atoms with Crippen LogP contribution in [0.4, 0.5) is 10.1 Å². The summed E-state index contributed by atoms with van der Waals surface area (Å²) >= 11 is 0. The molecule has 3 aromatic rings. The van der Waals surface area contributed by atoms with Crippen molar-refractivity contribution in [2.75, 3.05) is 26.6 Å². The van der Waals surface area contributed by atoms with Crippen LogP contribution < -0.4 is 19.5 Å². The van der Waals surface area contributed by atoms with Crippen molar-refractivity contribution in [2.24, 2.45) is 0 Å². The Morgan fingerprint density at radius 3 is 2.31 bits per heavy atom. The van der Waals surface area contributed by atoms with Gasteiger partial charge in [0, 0.05) is 24.1 Å². The molecule has 0 fully saturated rings. The third-order valence-electron chi connectivity index (χ3n) is 4.08. The van der Waals surface area contributed by atoms with E-state index < -0.39 is 0 Å². The maximum Gasteiger partial charge on any atom is 0.227 e. The van der Waals surface area contributed by atoms with Crippen LogP contribution in [0.1, 0.15) is 12.3 Å². The molecule has 0 saturated heterocycles. The maximum absolute atomic E-state index is 12.9. The van der Waals surface area contributed by atoms with Crippen LogP contribution >= 0.6 is 0 Å². The van der Waals surface area contributed by atoms with Gasteiger partial charge in [-0.1, -0.05) is 5.16 Å². The zero-order valence-corrected chi connectivity index (χ0v) is 16.2. The van der Waals surface area contributed by atoms with Crippen LogP contribution in [-0.2, 0) is 11.2 Å². The fraction of sp³-hybridized carbons (Fsp3) is 0.250. The van der Waals surface area contributed by atoms with Crippen LogP contribution in [0.15, 0.2) is 40.9 Å². The number of hydrogen-bond acceptors (Lipinski definition) is 7. The topological polar surface area (TPSA) is 95.7 Å². The van der Waals surface area contributed by atoms with Crippen molar-refractivity contribution in [3.63, 3.8) is 0 Å². The molecule has 0 aliphatic heterocycles. The van der Waals surface area contributed by atoms with E-state index in [9.17, 15) is 9.18 Å². The minimum Gasteiger partial charge on any atom is -0.493 e. The van der Waals surface area contributed by atoms with E-state index in [1.54, 1.807) is 12.1 Å². The molecular formula is C20H20FN3O5. The Kier molecular flexibility index (Phi) is 6.28. The van der Waals surface area contributed by atoms with Gasteiger partial charge in [-0.3, -0.25) is 4.79 Å². The smallest absolute Gasteiger partial charge is 0.227 e. The second-order valence-corrected chi connectivity index (χ2v) is 5.98. The first-order chi connectivity index (χ1) is 14.0. The lowest BCUT2D eigenvalue weighted by Gasteiger charge is -2.12. The molecule has 0 aliphatic carbocycles. The number of nitrogens with zero attached hydrogens (tertiary/aromatic N) is 2.